The van der Waals surface area contributed by atoms with Crippen LogP contribution < -0.4 is 0 Å². The first kappa shape index (κ1) is 6.01. The van der Waals surface area contributed by atoms with Gasteiger partial charge in [-0.3, -0.25) is 4.79 Å². The first-order valence-electron chi connectivity index (χ1n) is 2.76. The van der Waals surface area contributed by atoms with Crippen molar-refractivity contribution in [3.05, 3.63) is 17.8 Å². The summed E-state index contributed by atoms with van der Waals surface area (Å²) in [6.07, 6.45) is 2.69. The van der Waals surface area contributed by atoms with Gasteiger partial charge in [0.2, 0.25) is 0 Å². The van der Waals surface area contributed by atoms with Crippen molar-refractivity contribution in [3.8, 4) is 0 Å². The average Bonchev–Trinajstić information content (AvgIpc) is 2.33. The maximum absolute atomic E-state index is 10.1. The predicted octanol–water partition coefficient (Wildman–Crippen LogP) is 1.05. The third-order valence-corrected chi connectivity index (χ3v) is 1.11. The van der Waals surface area contributed by atoms with Crippen molar-refractivity contribution in [2.45, 2.75) is 13.3 Å². The van der Waals surface area contributed by atoms with Crippen LogP contribution in [0.5, 0.6) is 0 Å². The van der Waals surface area contributed by atoms with Gasteiger partial charge in [-0.15, -0.1) is 0 Å². The minimum atomic E-state index is 0.345. The highest BCUT2D eigenvalue weighted by molar-refractivity contribution is 5.71. The maximum atomic E-state index is 10.1. The molecule has 3 nitrogen and oxygen atoms in total. The highest BCUT2D eigenvalue weighted by atomic mass is 16.3. The third-order valence-electron chi connectivity index (χ3n) is 1.11. The molecule has 1 heterocycles. The molecule has 1 aromatic rings. The second kappa shape index (κ2) is 2.44. The molecular weight excluding hydrogens is 118 g/mol. The molecule has 1 rings (SSSR count). The van der Waals surface area contributed by atoms with Gasteiger partial charge in [0.15, 0.2) is 18.4 Å². The topological polar surface area (TPSA) is 43.1 Å². The number of aryl methyl sites for hydroxylation is 1. The lowest BCUT2D eigenvalue weighted by atomic mass is 10.3. The van der Waals surface area contributed by atoms with E-state index in [1.807, 2.05) is 6.92 Å². The van der Waals surface area contributed by atoms with Crippen LogP contribution in [0.25, 0.3) is 0 Å². The van der Waals surface area contributed by atoms with Gasteiger partial charge in [-0.2, -0.15) is 0 Å². The Morgan fingerprint density at radius 2 is 2.67 bits per heavy atom. The summed E-state index contributed by atoms with van der Waals surface area (Å²) >= 11 is 0. The largest absolute Gasteiger partial charge is 0.440 e. The second-order valence-corrected chi connectivity index (χ2v) is 1.63. The Bertz CT molecular complexity index is 205. The summed E-state index contributed by atoms with van der Waals surface area (Å²) in [5.41, 5.74) is 0.727. The minimum Gasteiger partial charge on any atom is -0.440 e. The predicted molar refractivity (Wildman–Crippen MR) is 31.3 cm³/mol. The first-order valence-corrected chi connectivity index (χ1v) is 2.76. The number of carbonyl (C=O) groups excluding carboxylic acids is 1. The zero-order valence-electron chi connectivity index (χ0n) is 5.13. The van der Waals surface area contributed by atoms with E-state index in [1.165, 1.54) is 6.39 Å². The number of aromatic nitrogens is 1. The van der Waals surface area contributed by atoms with Crippen LogP contribution >= 0.6 is 0 Å². The molecule has 0 bridgehead atoms. The standard InChI is InChI=1S/C6H7NO2/c1-2-5-6(3-8)9-4-7-5/h3-4H,2H2,1H3. The summed E-state index contributed by atoms with van der Waals surface area (Å²) in [5, 5.41) is 0. The lowest BCUT2D eigenvalue weighted by Crippen LogP contribution is -1.84. The Balaban J connectivity index is 2.98. The number of rotatable bonds is 2. The number of nitrogens with zero attached hydrogens (tertiary/aromatic N) is 1. The van der Waals surface area contributed by atoms with E-state index < -0.39 is 0 Å². The van der Waals surface area contributed by atoms with Crippen LogP contribution in [-0.4, -0.2) is 11.3 Å². The smallest absolute Gasteiger partial charge is 0.189 e. The van der Waals surface area contributed by atoms with Gasteiger partial charge in [0.05, 0.1) is 5.69 Å². The fourth-order valence-corrected chi connectivity index (χ4v) is 0.640. The van der Waals surface area contributed by atoms with Crippen molar-refractivity contribution in [3.63, 3.8) is 0 Å². The van der Waals surface area contributed by atoms with Gasteiger partial charge < -0.3 is 4.42 Å². The third kappa shape index (κ3) is 0.988. The van der Waals surface area contributed by atoms with Crippen LogP contribution in [0, 0.1) is 0 Å². The molecule has 48 valence electrons. The summed E-state index contributed by atoms with van der Waals surface area (Å²) in [6.45, 7) is 1.92. The van der Waals surface area contributed by atoms with Gasteiger partial charge in [-0.05, 0) is 6.42 Å². The Kier molecular flexibility index (Phi) is 1.63. The maximum Gasteiger partial charge on any atom is 0.189 e. The van der Waals surface area contributed by atoms with Crippen LogP contribution in [0.1, 0.15) is 23.2 Å². The molecule has 0 fully saturated rings. The molecule has 0 radical (unpaired) electrons. The number of carbonyl (C=O) groups is 1. The first-order chi connectivity index (χ1) is 4.38. The monoisotopic (exact) mass is 125 g/mol. The summed E-state index contributed by atoms with van der Waals surface area (Å²) < 4.78 is 4.73. The van der Waals surface area contributed by atoms with Gasteiger partial charge in [0.1, 0.15) is 0 Å². The minimum absolute atomic E-state index is 0.345. The van der Waals surface area contributed by atoms with Gasteiger partial charge in [0.25, 0.3) is 0 Å². The molecule has 0 aliphatic heterocycles. The lowest BCUT2D eigenvalue weighted by Gasteiger charge is -1.83. The van der Waals surface area contributed by atoms with E-state index in [1.54, 1.807) is 0 Å². The molecule has 0 unspecified atom stereocenters. The lowest BCUT2D eigenvalue weighted by molar-refractivity contribution is 0.109. The fraction of sp³-hybridized carbons (Fsp3) is 0.333. The normalized spacial score (nSPS) is 9.44. The molecule has 0 amide bonds. The van der Waals surface area contributed by atoms with Crippen LogP contribution in [0.2, 0.25) is 0 Å². The van der Waals surface area contributed by atoms with E-state index >= 15 is 0 Å². The molecule has 1 aromatic heterocycles. The van der Waals surface area contributed by atoms with Gasteiger partial charge >= 0.3 is 0 Å². The van der Waals surface area contributed by atoms with Crippen molar-refractivity contribution < 1.29 is 9.21 Å². The van der Waals surface area contributed by atoms with E-state index in [2.05, 4.69) is 4.98 Å². The molecule has 0 atom stereocenters. The van der Waals surface area contributed by atoms with Crippen molar-refractivity contribution in [2.24, 2.45) is 0 Å². The Morgan fingerprint density at radius 3 is 3.11 bits per heavy atom. The van der Waals surface area contributed by atoms with Gasteiger partial charge in [0, 0.05) is 0 Å². The van der Waals surface area contributed by atoms with Gasteiger partial charge in [-0.25, -0.2) is 4.98 Å². The van der Waals surface area contributed by atoms with Crippen molar-refractivity contribution in [2.75, 3.05) is 0 Å². The summed E-state index contributed by atoms with van der Waals surface area (Å²) in [5.74, 6) is 0.345. The Hall–Kier alpha value is -1.12. The Labute approximate surface area is 52.7 Å². The average molecular weight is 125 g/mol. The van der Waals surface area contributed by atoms with E-state index in [0.29, 0.717) is 12.0 Å². The number of hydrogen-bond acceptors (Lipinski definition) is 3. The van der Waals surface area contributed by atoms with Crippen LogP contribution in [0.4, 0.5) is 0 Å². The Morgan fingerprint density at radius 1 is 1.89 bits per heavy atom. The van der Waals surface area contributed by atoms with Crippen LogP contribution in [-0.2, 0) is 6.42 Å². The zero-order chi connectivity index (χ0) is 6.69. The molecule has 0 aliphatic rings. The summed E-state index contributed by atoms with van der Waals surface area (Å²) in [7, 11) is 0. The molecule has 0 N–H and O–H groups in total. The molecule has 0 saturated heterocycles. The molecule has 0 aliphatic carbocycles. The van der Waals surface area contributed by atoms with E-state index in [0.717, 1.165) is 12.1 Å². The van der Waals surface area contributed by atoms with Crippen LogP contribution in [0.15, 0.2) is 10.8 Å². The zero-order valence-corrected chi connectivity index (χ0v) is 5.13. The molecule has 0 spiro atoms. The van der Waals surface area contributed by atoms with E-state index in [9.17, 15) is 4.79 Å². The van der Waals surface area contributed by atoms with Crippen molar-refractivity contribution in [1.29, 1.82) is 0 Å². The van der Waals surface area contributed by atoms with Gasteiger partial charge in [-0.1, -0.05) is 6.92 Å². The number of aldehydes is 1. The molecule has 0 saturated carbocycles. The quantitative estimate of drug-likeness (QED) is 0.555. The SMILES string of the molecule is CCc1ncoc1C=O. The van der Waals surface area contributed by atoms with Crippen molar-refractivity contribution >= 4 is 6.29 Å². The number of oxazole rings is 1. The second-order valence-electron chi connectivity index (χ2n) is 1.63. The highest BCUT2D eigenvalue weighted by Gasteiger charge is 2.01. The summed E-state index contributed by atoms with van der Waals surface area (Å²) in [4.78, 5) is 13.9. The summed E-state index contributed by atoms with van der Waals surface area (Å²) in [6, 6.07) is 0. The molecule has 0 aromatic carbocycles. The highest BCUT2D eigenvalue weighted by Crippen LogP contribution is 2.02. The molecular formula is C6H7NO2. The molecule has 9 heavy (non-hydrogen) atoms. The van der Waals surface area contributed by atoms with E-state index in [4.69, 9.17) is 4.42 Å². The fourth-order valence-electron chi connectivity index (χ4n) is 0.640. The number of hydrogen-bond donors (Lipinski definition) is 0. The van der Waals surface area contributed by atoms with Crippen molar-refractivity contribution in [1.82, 2.24) is 4.98 Å². The van der Waals surface area contributed by atoms with E-state index in [-0.39, 0.29) is 0 Å². The molecule has 3 heteroatoms. The van der Waals surface area contributed by atoms with Crippen LogP contribution in [0.3, 0.4) is 0 Å².